The van der Waals surface area contributed by atoms with Crippen LogP contribution in [0.15, 0.2) is 42.9 Å². The maximum atomic E-state index is 4.37. The van der Waals surface area contributed by atoms with Gasteiger partial charge in [0.25, 0.3) is 0 Å². The molecule has 0 atom stereocenters. The number of rotatable bonds is 2. The number of anilines is 1. The highest BCUT2D eigenvalue weighted by molar-refractivity contribution is 5.76. The van der Waals surface area contributed by atoms with Gasteiger partial charge < -0.3 is 9.88 Å². The third-order valence-electron chi connectivity index (χ3n) is 4.18. The highest BCUT2D eigenvalue weighted by atomic mass is 15.2. The number of H-pyrrole nitrogens is 1. The zero-order chi connectivity index (χ0) is 14.1. The molecule has 0 aliphatic carbocycles. The fraction of sp³-hybridized carbons (Fsp3) is 0.312. The van der Waals surface area contributed by atoms with Crippen molar-refractivity contribution in [1.82, 2.24) is 19.9 Å². The van der Waals surface area contributed by atoms with E-state index in [0.29, 0.717) is 5.92 Å². The second-order valence-corrected chi connectivity index (χ2v) is 5.48. The molecule has 1 aliphatic heterocycles. The third-order valence-corrected chi connectivity index (χ3v) is 4.18. The van der Waals surface area contributed by atoms with Crippen LogP contribution in [0, 0.1) is 0 Å². The summed E-state index contributed by atoms with van der Waals surface area (Å²) in [5.74, 6) is 1.41. The molecule has 4 rings (SSSR count). The lowest BCUT2D eigenvalue weighted by Crippen LogP contribution is -2.34. The first-order valence-electron chi connectivity index (χ1n) is 7.36. The van der Waals surface area contributed by atoms with Gasteiger partial charge in [0.2, 0.25) is 5.95 Å². The van der Waals surface area contributed by atoms with E-state index in [1.165, 1.54) is 11.1 Å². The van der Waals surface area contributed by atoms with E-state index in [4.69, 9.17) is 0 Å². The fourth-order valence-electron chi connectivity index (χ4n) is 3.04. The van der Waals surface area contributed by atoms with Crippen LogP contribution in [0.3, 0.4) is 0 Å². The van der Waals surface area contributed by atoms with Crippen LogP contribution in [0.25, 0.3) is 11.0 Å². The van der Waals surface area contributed by atoms with Crippen LogP contribution in [0.5, 0.6) is 0 Å². The average molecular weight is 279 g/mol. The maximum Gasteiger partial charge on any atom is 0.225 e. The fourth-order valence-corrected chi connectivity index (χ4v) is 3.04. The Balaban J connectivity index is 1.50. The van der Waals surface area contributed by atoms with E-state index < -0.39 is 0 Å². The molecule has 0 radical (unpaired) electrons. The largest absolute Gasteiger partial charge is 0.343 e. The molecule has 0 amide bonds. The van der Waals surface area contributed by atoms with Crippen molar-refractivity contribution in [3.63, 3.8) is 0 Å². The summed E-state index contributed by atoms with van der Waals surface area (Å²) in [6, 6.07) is 8.18. The number of hydrogen-bond donors (Lipinski definition) is 1. The Hall–Kier alpha value is -2.43. The van der Waals surface area contributed by atoms with E-state index >= 15 is 0 Å². The second-order valence-electron chi connectivity index (χ2n) is 5.48. The number of fused-ring (bicyclic) bond motifs is 1. The van der Waals surface area contributed by atoms with Gasteiger partial charge in [-0.05, 0) is 37.1 Å². The number of aromatic amines is 1. The minimum atomic E-state index is 0.569. The Kier molecular flexibility index (Phi) is 3.03. The molecular weight excluding hydrogens is 262 g/mol. The summed E-state index contributed by atoms with van der Waals surface area (Å²) >= 11 is 0. The molecule has 3 aromatic heterocycles. The third kappa shape index (κ3) is 2.35. The minimum Gasteiger partial charge on any atom is -0.343 e. The summed E-state index contributed by atoms with van der Waals surface area (Å²) < 4.78 is 0. The number of pyridine rings is 1. The number of piperidine rings is 1. The van der Waals surface area contributed by atoms with Crippen molar-refractivity contribution < 1.29 is 0 Å². The first-order chi connectivity index (χ1) is 10.4. The molecular formula is C16H17N5. The Morgan fingerprint density at radius 2 is 1.76 bits per heavy atom. The highest BCUT2D eigenvalue weighted by Crippen LogP contribution is 2.30. The minimum absolute atomic E-state index is 0.569. The number of hydrogen-bond acceptors (Lipinski definition) is 4. The van der Waals surface area contributed by atoms with Crippen molar-refractivity contribution in [3.8, 4) is 0 Å². The van der Waals surface area contributed by atoms with Crippen LogP contribution >= 0.6 is 0 Å². The molecule has 3 aromatic rings. The van der Waals surface area contributed by atoms with Crippen LogP contribution in [0.1, 0.15) is 24.5 Å². The molecule has 21 heavy (non-hydrogen) atoms. The van der Waals surface area contributed by atoms with Gasteiger partial charge in [-0.2, -0.15) is 0 Å². The average Bonchev–Trinajstić information content (AvgIpc) is 3.00. The summed E-state index contributed by atoms with van der Waals surface area (Å²) in [5.41, 5.74) is 2.29. The molecule has 5 heteroatoms. The molecule has 1 saturated heterocycles. The zero-order valence-corrected chi connectivity index (χ0v) is 11.7. The van der Waals surface area contributed by atoms with Gasteiger partial charge >= 0.3 is 0 Å². The predicted molar refractivity (Wildman–Crippen MR) is 82.3 cm³/mol. The van der Waals surface area contributed by atoms with Crippen molar-refractivity contribution >= 4 is 17.0 Å². The van der Waals surface area contributed by atoms with Gasteiger partial charge in [-0.3, -0.25) is 0 Å². The van der Waals surface area contributed by atoms with Gasteiger partial charge in [0, 0.05) is 48.7 Å². The molecule has 5 nitrogen and oxygen atoms in total. The van der Waals surface area contributed by atoms with Crippen LogP contribution < -0.4 is 4.90 Å². The van der Waals surface area contributed by atoms with Gasteiger partial charge in [-0.25, -0.2) is 15.0 Å². The molecule has 4 heterocycles. The number of nitrogens with zero attached hydrogens (tertiary/aromatic N) is 4. The van der Waals surface area contributed by atoms with Crippen molar-refractivity contribution in [2.24, 2.45) is 0 Å². The lowest BCUT2D eigenvalue weighted by molar-refractivity contribution is 0.493. The maximum absolute atomic E-state index is 4.37. The summed E-state index contributed by atoms with van der Waals surface area (Å²) in [6.07, 6.45) is 7.67. The topological polar surface area (TPSA) is 57.7 Å². The first kappa shape index (κ1) is 12.3. The van der Waals surface area contributed by atoms with Gasteiger partial charge in [-0.15, -0.1) is 0 Å². The molecule has 1 fully saturated rings. The molecule has 1 aliphatic rings. The van der Waals surface area contributed by atoms with Gasteiger partial charge in [0.15, 0.2) is 0 Å². The van der Waals surface area contributed by atoms with Crippen molar-refractivity contribution in [2.75, 3.05) is 18.0 Å². The van der Waals surface area contributed by atoms with E-state index in [2.05, 4.69) is 37.0 Å². The number of nitrogens with one attached hydrogen (secondary N) is 1. The Labute approximate surface area is 123 Å². The second kappa shape index (κ2) is 5.16. The van der Waals surface area contributed by atoms with Crippen LogP contribution in [-0.4, -0.2) is 33.0 Å². The lowest BCUT2D eigenvalue weighted by atomic mass is 9.94. The van der Waals surface area contributed by atoms with E-state index in [-0.39, 0.29) is 0 Å². The monoisotopic (exact) mass is 279 g/mol. The number of aromatic nitrogens is 4. The molecule has 0 aromatic carbocycles. The smallest absolute Gasteiger partial charge is 0.225 e. The lowest BCUT2D eigenvalue weighted by Gasteiger charge is -2.31. The van der Waals surface area contributed by atoms with E-state index in [9.17, 15) is 0 Å². The quantitative estimate of drug-likeness (QED) is 0.783. The molecule has 0 unspecified atom stereocenters. The van der Waals surface area contributed by atoms with Crippen LogP contribution in [0.4, 0.5) is 5.95 Å². The van der Waals surface area contributed by atoms with Crippen LogP contribution in [0.2, 0.25) is 0 Å². The van der Waals surface area contributed by atoms with Crippen molar-refractivity contribution in [2.45, 2.75) is 18.8 Å². The predicted octanol–water partition coefficient (Wildman–Crippen LogP) is 2.74. The Bertz CT molecular complexity index is 696. The summed E-state index contributed by atoms with van der Waals surface area (Å²) in [7, 11) is 0. The van der Waals surface area contributed by atoms with Crippen molar-refractivity contribution in [3.05, 3.63) is 48.5 Å². The van der Waals surface area contributed by atoms with Crippen LogP contribution in [-0.2, 0) is 0 Å². The summed E-state index contributed by atoms with van der Waals surface area (Å²) in [4.78, 5) is 18.8. The summed E-state index contributed by atoms with van der Waals surface area (Å²) in [6.45, 7) is 1.99. The first-order valence-corrected chi connectivity index (χ1v) is 7.36. The standard InChI is InChI=1S/C16H17N5/c1-3-13-11-14(20-15(13)17-6-1)12-4-9-21(10-5-12)16-18-7-2-8-19-16/h1-3,6-8,11-12H,4-5,9-10H2,(H,17,20). The SMILES string of the molecule is c1cnc(N2CCC(c3cc4cccnc4[nH]3)CC2)nc1. The van der Waals surface area contributed by atoms with E-state index in [1.54, 1.807) is 12.4 Å². The Morgan fingerprint density at radius 3 is 2.52 bits per heavy atom. The normalized spacial score (nSPS) is 16.5. The van der Waals surface area contributed by atoms with Gasteiger partial charge in [0.1, 0.15) is 5.65 Å². The van der Waals surface area contributed by atoms with Gasteiger partial charge in [0.05, 0.1) is 0 Å². The van der Waals surface area contributed by atoms with Gasteiger partial charge in [-0.1, -0.05) is 0 Å². The molecule has 0 saturated carbocycles. The van der Waals surface area contributed by atoms with Crippen molar-refractivity contribution in [1.29, 1.82) is 0 Å². The molecule has 106 valence electrons. The Morgan fingerprint density at radius 1 is 1.00 bits per heavy atom. The van der Waals surface area contributed by atoms with E-state index in [1.807, 2.05) is 18.3 Å². The highest BCUT2D eigenvalue weighted by Gasteiger charge is 2.23. The molecule has 1 N–H and O–H groups in total. The molecule has 0 bridgehead atoms. The van der Waals surface area contributed by atoms with E-state index in [0.717, 1.165) is 37.5 Å². The summed E-state index contributed by atoms with van der Waals surface area (Å²) in [5, 5.41) is 1.20. The molecule has 0 spiro atoms. The zero-order valence-electron chi connectivity index (χ0n) is 11.7.